The van der Waals surface area contributed by atoms with Crippen LogP contribution in [0.5, 0.6) is 0 Å². The maximum absolute atomic E-state index is 4.57. The third-order valence-corrected chi connectivity index (χ3v) is 6.86. The molecule has 31 heavy (non-hydrogen) atoms. The largest absolute Gasteiger partial charge is 0.0949 e. The van der Waals surface area contributed by atoms with Gasteiger partial charge in [-0.2, -0.15) is 0 Å². The minimum absolute atomic E-state index is 0.221. The lowest BCUT2D eigenvalue weighted by Crippen LogP contribution is -2.11. The Morgan fingerprint density at radius 1 is 0.742 bits per heavy atom. The monoisotopic (exact) mass is 404 g/mol. The first-order valence-corrected chi connectivity index (χ1v) is 11.4. The molecular weight excluding hydrogens is 372 g/mol. The first-order chi connectivity index (χ1) is 15.1. The molecule has 0 radical (unpaired) electrons. The first-order valence-electron chi connectivity index (χ1n) is 11.4. The van der Waals surface area contributed by atoms with E-state index in [-0.39, 0.29) is 11.8 Å². The molecule has 1 aliphatic carbocycles. The van der Waals surface area contributed by atoms with Crippen molar-refractivity contribution >= 4 is 5.57 Å². The van der Waals surface area contributed by atoms with E-state index >= 15 is 0 Å². The Bertz CT molecular complexity index is 1130. The second-order valence-corrected chi connectivity index (χ2v) is 8.51. The summed E-state index contributed by atoms with van der Waals surface area (Å²) in [7, 11) is 0. The fraction of sp³-hybridized carbons (Fsp3) is 0.226. The summed E-state index contributed by atoms with van der Waals surface area (Å²) in [4.78, 5) is 0. The Morgan fingerprint density at radius 2 is 1.35 bits per heavy atom. The summed E-state index contributed by atoms with van der Waals surface area (Å²) < 4.78 is 0. The lowest BCUT2D eigenvalue weighted by Gasteiger charge is -2.27. The van der Waals surface area contributed by atoms with E-state index in [0.717, 1.165) is 18.4 Å². The molecule has 0 nitrogen and oxygen atoms in total. The van der Waals surface area contributed by atoms with Gasteiger partial charge in [0.15, 0.2) is 0 Å². The van der Waals surface area contributed by atoms with Gasteiger partial charge in [-0.05, 0) is 69.9 Å². The van der Waals surface area contributed by atoms with Crippen LogP contribution in [0.25, 0.3) is 5.57 Å². The Morgan fingerprint density at radius 3 is 1.97 bits per heavy atom. The maximum atomic E-state index is 4.57. The Labute approximate surface area is 187 Å². The van der Waals surface area contributed by atoms with E-state index in [2.05, 4.69) is 113 Å². The van der Waals surface area contributed by atoms with Gasteiger partial charge in [0.2, 0.25) is 0 Å². The zero-order valence-electron chi connectivity index (χ0n) is 19.0. The van der Waals surface area contributed by atoms with Gasteiger partial charge in [-0.25, -0.2) is 0 Å². The van der Waals surface area contributed by atoms with E-state index in [1.54, 1.807) is 0 Å². The minimum Gasteiger partial charge on any atom is -0.0949 e. The number of aryl methyl sites for hydroxylation is 2. The average Bonchev–Trinajstić information content (AvgIpc) is 3.09. The number of benzene rings is 3. The lowest BCUT2D eigenvalue weighted by atomic mass is 9.76. The first kappa shape index (κ1) is 21.1. The number of hydrogen-bond acceptors (Lipinski definition) is 0. The second kappa shape index (κ2) is 8.94. The van der Waals surface area contributed by atoms with E-state index in [0.29, 0.717) is 0 Å². The summed E-state index contributed by atoms with van der Waals surface area (Å²) in [6, 6.07) is 28.5. The molecule has 2 atom stereocenters. The van der Waals surface area contributed by atoms with Crippen LogP contribution in [0.3, 0.4) is 0 Å². The van der Waals surface area contributed by atoms with Crippen molar-refractivity contribution in [1.29, 1.82) is 0 Å². The molecule has 0 N–H and O–H groups in total. The molecule has 0 fully saturated rings. The van der Waals surface area contributed by atoms with E-state index in [4.69, 9.17) is 0 Å². The highest BCUT2D eigenvalue weighted by atomic mass is 14.4. The molecule has 0 heterocycles. The van der Waals surface area contributed by atoms with Crippen LogP contribution < -0.4 is 0 Å². The number of rotatable bonds is 6. The molecule has 0 saturated heterocycles. The maximum Gasteiger partial charge on any atom is 0.0207 e. The van der Waals surface area contributed by atoms with Crippen molar-refractivity contribution in [2.75, 3.05) is 0 Å². The van der Waals surface area contributed by atoms with Crippen molar-refractivity contribution in [2.24, 2.45) is 0 Å². The van der Waals surface area contributed by atoms with Crippen molar-refractivity contribution in [3.8, 4) is 0 Å². The third-order valence-electron chi connectivity index (χ3n) is 6.86. The van der Waals surface area contributed by atoms with Crippen LogP contribution in [0.2, 0.25) is 0 Å². The van der Waals surface area contributed by atoms with Gasteiger partial charge in [0.05, 0.1) is 0 Å². The highest BCUT2D eigenvalue weighted by Crippen LogP contribution is 2.55. The summed E-state index contributed by atoms with van der Waals surface area (Å²) in [5, 5.41) is 0. The van der Waals surface area contributed by atoms with E-state index in [1.807, 2.05) is 0 Å². The van der Waals surface area contributed by atoms with Gasteiger partial charge in [0, 0.05) is 11.8 Å². The molecule has 0 aromatic heterocycles. The molecule has 4 rings (SSSR count). The fourth-order valence-electron chi connectivity index (χ4n) is 5.14. The van der Waals surface area contributed by atoms with Gasteiger partial charge in [0.1, 0.15) is 0 Å². The standard InChI is InChI=1S/C31H32/c1-6-24-18-19-28(20-25(24)7-2)31-29(23(5)26-14-10-8-11-15-26)21(3)22(4)30(31)27-16-12-9-13-17-27/h8-20,30-31H,4-7H2,1-3H3. The van der Waals surface area contributed by atoms with Crippen LogP contribution >= 0.6 is 0 Å². The van der Waals surface area contributed by atoms with Crippen molar-refractivity contribution in [1.82, 2.24) is 0 Å². The van der Waals surface area contributed by atoms with Crippen LogP contribution in [0.15, 0.2) is 109 Å². The van der Waals surface area contributed by atoms with E-state index in [1.165, 1.54) is 44.5 Å². The molecule has 0 saturated carbocycles. The van der Waals surface area contributed by atoms with E-state index < -0.39 is 0 Å². The van der Waals surface area contributed by atoms with Crippen molar-refractivity contribution in [3.63, 3.8) is 0 Å². The van der Waals surface area contributed by atoms with Crippen molar-refractivity contribution in [3.05, 3.63) is 137 Å². The topological polar surface area (TPSA) is 0 Å². The zero-order chi connectivity index (χ0) is 22.0. The zero-order valence-corrected chi connectivity index (χ0v) is 19.0. The van der Waals surface area contributed by atoms with Gasteiger partial charge < -0.3 is 0 Å². The molecule has 0 spiro atoms. The van der Waals surface area contributed by atoms with Gasteiger partial charge in [-0.1, -0.05) is 106 Å². The highest BCUT2D eigenvalue weighted by molar-refractivity contribution is 5.84. The van der Waals surface area contributed by atoms with Gasteiger partial charge in [-0.15, -0.1) is 0 Å². The fourth-order valence-corrected chi connectivity index (χ4v) is 5.14. The van der Waals surface area contributed by atoms with Crippen LogP contribution in [0, 0.1) is 0 Å². The molecule has 156 valence electrons. The Kier molecular flexibility index (Phi) is 6.09. The van der Waals surface area contributed by atoms with Crippen LogP contribution in [0.1, 0.15) is 60.4 Å². The second-order valence-electron chi connectivity index (χ2n) is 8.51. The minimum atomic E-state index is 0.221. The van der Waals surface area contributed by atoms with Crippen LogP contribution in [-0.2, 0) is 12.8 Å². The van der Waals surface area contributed by atoms with Crippen LogP contribution in [0.4, 0.5) is 0 Å². The normalized spacial score (nSPS) is 18.5. The van der Waals surface area contributed by atoms with Gasteiger partial charge in [0.25, 0.3) is 0 Å². The molecular formula is C31H32. The molecule has 2 unspecified atom stereocenters. The molecule has 0 bridgehead atoms. The summed E-state index contributed by atoms with van der Waals surface area (Å²) >= 11 is 0. The molecule has 1 aliphatic rings. The van der Waals surface area contributed by atoms with Gasteiger partial charge >= 0.3 is 0 Å². The number of hydrogen-bond donors (Lipinski definition) is 0. The molecule has 0 amide bonds. The highest BCUT2D eigenvalue weighted by Gasteiger charge is 2.39. The van der Waals surface area contributed by atoms with Crippen molar-refractivity contribution in [2.45, 2.75) is 45.4 Å². The molecule has 3 aromatic carbocycles. The predicted molar refractivity (Wildman–Crippen MR) is 134 cm³/mol. The van der Waals surface area contributed by atoms with Crippen molar-refractivity contribution < 1.29 is 0 Å². The molecule has 0 heteroatoms. The summed E-state index contributed by atoms with van der Waals surface area (Å²) in [6.45, 7) is 15.9. The molecule has 0 aliphatic heterocycles. The Balaban J connectivity index is 1.90. The van der Waals surface area contributed by atoms with Gasteiger partial charge in [-0.3, -0.25) is 0 Å². The van der Waals surface area contributed by atoms with Crippen LogP contribution in [-0.4, -0.2) is 0 Å². The van der Waals surface area contributed by atoms with E-state index in [9.17, 15) is 0 Å². The smallest absolute Gasteiger partial charge is 0.0207 e. The lowest BCUT2D eigenvalue weighted by molar-refractivity contribution is 0.728. The Hall–Kier alpha value is -3.12. The quantitative estimate of drug-likeness (QED) is 0.388. The average molecular weight is 405 g/mol. The summed E-state index contributed by atoms with van der Waals surface area (Å²) in [5.74, 6) is 0.452. The predicted octanol–water partition coefficient (Wildman–Crippen LogP) is 8.28. The third kappa shape index (κ3) is 3.83. The summed E-state index contributed by atoms with van der Waals surface area (Å²) in [5.41, 5.74) is 11.7. The number of allylic oxidation sites excluding steroid dienone is 4. The summed E-state index contributed by atoms with van der Waals surface area (Å²) in [6.07, 6.45) is 2.12. The SMILES string of the molecule is C=C(C1=C(C)C(=C)C(c2ccccc2)C1c1ccc(CC)c(CC)c1)c1ccccc1. The molecule has 3 aromatic rings.